The first-order chi connectivity index (χ1) is 12.2. The number of hydrogen-bond donors (Lipinski definition) is 1. The molecule has 0 aromatic carbocycles. The van der Waals surface area contributed by atoms with Crippen LogP contribution in [0, 0.1) is 5.92 Å². The second kappa shape index (κ2) is 7.00. The minimum absolute atomic E-state index is 0.203. The van der Waals surface area contributed by atoms with Crippen LogP contribution in [0.1, 0.15) is 33.5 Å². The zero-order valence-electron chi connectivity index (χ0n) is 16.6. The van der Waals surface area contributed by atoms with Crippen LogP contribution in [0.15, 0.2) is 9.59 Å². The van der Waals surface area contributed by atoms with Gasteiger partial charge in [0.2, 0.25) is 0 Å². The monoisotopic (exact) mass is 364 g/mol. The summed E-state index contributed by atoms with van der Waals surface area (Å²) in [5.41, 5.74) is 0.375. The Morgan fingerprint density at radius 3 is 2.35 bits per heavy atom. The van der Waals surface area contributed by atoms with Gasteiger partial charge in [0.05, 0.1) is 0 Å². The molecule has 0 bridgehead atoms. The van der Waals surface area contributed by atoms with Crippen LogP contribution in [-0.4, -0.2) is 44.0 Å². The summed E-state index contributed by atoms with van der Waals surface area (Å²) >= 11 is 0. The largest absolute Gasteiger partial charge is 0.364 e. The normalized spacial score (nSPS) is 23.9. The van der Waals surface area contributed by atoms with Crippen LogP contribution >= 0.6 is 0 Å². The molecule has 1 N–H and O–H groups in total. The molecule has 1 aliphatic rings. The van der Waals surface area contributed by atoms with E-state index in [0.29, 0.717) is 23.6 Å². The van der Waals surface area contributed by atoms with Crippen molar-refractivity contribution in [2.75, 3.05) is 13.1 Å². The highest BCUT2D eigenvalue weighted by Gasteiger charge is 2.28. The Morgan fingerprint density at radius 1 is 1.15 bits per heavy atom. The lowest BCUT2D eigenvalue weighted by Crippen LogP contribution is -3.14. The molecule has 1 unspecified atom stereocenters. The van der Waals surface area contributed by atoms with Crippen LogP contribution in [0.5, 0.6) is 0 Å². The van der Waals surface area contributed by atoms with Crippen LogP contribution < -0.4 is 16.1 Å². The Hall–Kier alpha value is -1.93. The van der Waals surface area contributed by atoms with E-state index < -0.39 is 0 Å². The van der Waals surface area contributed by atoms with Gasteiger partial charge in [-0.1, -0.05) is 13.8 Å². The Morgan fingerprint density at radius 2 is 1.77 bits per heavy atom. The van der Waals surface area contributed by atoms with Crippen molar-refractivity contribution in [2.45, 2.75) is 53.0 Å². The molecule has 26 heavy (non-hydrogen) atoms. The van der Waals surface area contributed by atoms with Crippen molar-refractivity contribution in [3.05, 3.63) is 26.7 Å². The fourth-order valence-corrected chi connectivity index (χ4v) is 3.95. The number of hydrogen-bond acceptors (Lipinski definition) is 4. The fraction of sp³-hybridized carbons (Fsp3) is 0.722. The first-order valence-corrected chi connectivity index (χ1v) is 9.33. The molecule has 3 heterocycles. The first-order valence-electron chi connectivity index (χ1n) is 9.33. The second-order valence-electron chi connectivity index (χ2n) is 8.00. The van der Waals surface area contributed by atoms with E-state index in [1.54, 1.807) is 7.05 Å². The smallest absolute Gasteiger partial charge is 0.332 e. The molecule has 144 valence electrons. The maximum absolute atomic E-state index is 12.8. The number of aromatic nitrogens is 4. The average molecular weight is 364 g/mol. The number of nitrogens with zero attached hydrogens (tertiary/aromatic N) is 4. The van der Waals surface area contributed by atoms with Crippen molar-refractivity contribution in [2.24, 2.45) is 20.0 Å². The van der Waals surface area contributed by atoms with E-state index in [1.165, 1.54) is 16.5 Å². The third-order valence-electron chi connectivity index (χ3n) is 5.00. The molecule has 2 aromatic heterocycles. The summed E-state index contributed by atoms with van der Waals surface area (Å²) in [5, 5.41) is 0. The molecule has 0 saturated carbocycles. The SMILES string of the molecule is CC(C)Cn1c(C[NH+]2C[C@@H](C)O[C@@H](C)C2)nc2c1c(=O)n(C)c(=O)n2C. The third kappa shape index (κ3) is 3.35. The molecule has 0 aliphatic carbocycles. The standard InChI is InChI=1S/C18H29N5O3/c1-11(2)7-23-14(10-22-8-12(3)26-13(4)9-22)19-16-15(23)17(24)21(6)18(25)20(16)5/h11-13H,7-10H2,1-6H3/p+1/t12-,13+. The van der Waals surface area contributed by atoms with Gasteiger partial charge in [-0.3, -0.25) is 13.9 Å². The van der Waals surface area contributed by atoms with Gasteiger partial charge in [-0.2, -0.15) is 0 Å². The lowest BCUT2D eigenvalue weighted by Gasteiger charge is -2.32. The van der Waals surface area contributed by atoms with Crippen molar-refractivity contribution in [1.29, 1.82) is 0 Å². The first kappa shape index (κ1) is 18.8. The molecule has 1 aliphatic heterocycles. The summed E-state index contributed by atoms with van der Waals surface area (Å²) < 4.78 is 10.5. The number of imidazole rings is 1. The Balaban J connectivity index is 2.12. The van der Waals surface area contributed by atoms with Gasteiger partial charge in [0.25, 0.3) is 5.56 Å². The lowest BCUT2D eigenvalue weighted by atomic mass is 10.2. The molecule has 1 fully saturated rings. The van der Waals surface area contributed by atoms with Gasteiger partial charge in [-0.15, -0.1) is 0 Å². The number of ether oxygens (including phenoxy) is 1. The van der Waals surface area contributed by atoms with Crippen LogP contribution in [0.4, 0.5) is 0 Å². The molecule has 8 nitrogen and oxygen atoms in total. The molecule has 3 atom stereocenters. The van der Waals surface area contributed by atoms with Crippen molar-refractivity contribution in [3.63, 3.8) is 0 Å². The number of fused-ring (bicyclic) bond motifs is 1. The highest BCUT2D eigenvalue weighted by Crippen LogP contribution is 2.13. The Bertz CT molecular complexity index is 914. The predicted molar refractivity (Wildman–Crippen MR) is 99.5 cm³/mol. The van der Waals surface area contributed by atoms with Crippen molar-refractivity contribution >= 4 is 11.2 Å². The summed E-state index contributed by atoms with van der Waals surface area (Å²) in [7, 11) is 3.19. The highest BCUT2D eigenvalue weighted by molar-refractivity contribution is 5.71. The predicted octanol–water partition coefficient (Wildman–Crippen LogP) is -0.718. The van der Waals surface area contributed by atoms with Crippen molar-refractivity contribution < 1.29 is 9.64 Å². The van der Waals surface area contributed by atoms with Gasteiger partial charge in [-0.05, 0) is 19.8 Å². The molecule has 0 amide bonds. The zero-order chi connectivity index (χ0) is 19.2. The molecule has 3 rings (SSSR count). The van der Waals surface area contributed by atoms with Crippen molar-refractivity contribution in [1.82, 2.24) is 18.7 Å². The Kier molecular flexibility index (Phi) is 5.07. The van der Waals surface area contributed by atoms with E-state index in [4.69, 9.17) is 9.72 Å². The lowest BCUT2D eigenvalue weighted by molar-refractivity contribution is -0.929. The highest BCUT2D eigenvalue weighted by atomic mass is 16.5. The zero-order valence-corrected chi connectivity index (χ0v) is 16.6. The number of rotatable bonds is 4. The summed E-state index contributed by atoms with van der Waals surface area (Å²) in [6, 6.07) is 0. The topological polar surface area (TPSA) is 75.5 Å². The summed E-state index contributed by atoms with van der Waals surface area (Å²) in [4.78, 5) is 31.2. The van der Waals surface area contributed by atoms with Gasteiger partial charge in [-0.25, -0.2) is 9.78 Å². The molecule has 2 aromatic rings. The van der Waals surface area contributed by atoms with Crippen LogP contribution in [0.3, 0.4) is 0 Å². The fourth-order valence-electron chi connectivity index (χ4n) is 3.95. The van der Waals surface area contributed by atoms with Gasteiger partial charge < -0.3 is 14.2 Å². The number of morpholine rings is 1. The van der Waals surface area contributed by atoms with Gasteiger partial charge in [0.1, 0.15) is 31.8 Å². The van der Waals surface area contributed by atoms with E-state index in [2.05, 4.69) is 27.7 Å². The molecular formula is C18H30N5O3+. The molecule has 8 heteroatoms. The van der Waals surface area contributed by atoms with Crippen LogP contribution in [0.25, 0.3) is 11.2 Å². The van der Waals surface area contributed by atoms with E-state index >= 15 is 0 Å². The summed E-state index contributed by atoms with van der Waals surface area (Å²) in [5.74, 6) is 1.23. The van der Waals surface area contributed by atoms with E-state index in [1.807, 2.05) is 4.57 Å². The minimum atomic E-state index is -0.343. The number of nitrogens with one attached hydrogen (secondary N) is 1. The average Bonchev–Trinajstić information content (AvgIpc) is 2.88. The quantitative estimate of drug-likeness (QED) is 0.777. The second-order valence-corrected chi connectivity index (χ2v) is 8.00. The molecule has 0 radical (unpaired) electrons. The summed E-state index contributed by atoms with van der Waals surface area (Å²) in [6.45, 7) is 11.7. The summed E-state index contributed by atoms with van der Waals surface area (Å²) in [6.07, 6.45) is 0.405. The van der Waals surface area contributed by atoms with E-state index in [0.717, 1.165) is 30.0 Å². The van der Waals surface area contributed by atoms with Gasteiger partial charge >= 0.3 is 5.69 Å². The van der Waals surface area contributed by atoms with Crippen molar-refractivity contribution in [3.8, 4) is 0 Å². The van der Waals surface area contributed by atoms with Crippen LogP contribution in [0.2, 0.25) is 0 Å². The molecule has 1 saturated heterocycles. The Labute approximate surface area is 153 Å². The van der Waals surface area contributed by atoms with E-state index in [-0.39, 0.29) is 23.5 Å². The molecule has 0 spiro atoms. The minimum Gasteiger partial charge on any atom is -0.364 e. The molecular weight excluding hydrogens is 334 g/mol. The maximum atomic E-state index is 12.8. The van der Waals surface area contributed by atoms with E-state index in [9.17, 15) is 9.59 Å². The number of aryl methyl sites for hydroxylation is 1. The van der Waals surface area contributed by atoms with Crippen LogP contribution in [-0.2, 0) is 31.9 Å². The number of quaternary nitrogens is 1. The van der Waals surface area contributed by atoms with Gasteiger partial charge in [0.15, 0.2) is 17.0 Å². The third-order valence-corrected chi connectivity index (χ3v) is 5.00. The maximum Gasteiger partial charge on any atom is 0.332 e. The van der Waals surface area contributed by atoms with Gasteiger partial charge in [0, 0.05) is 20.6 Å².